The summed E-state index contributed by atoms with van der Waals surface area (Å²) in [6, 6.07) is 15.4. The van der Waals surface area contributed by atoms with Gasteiger partial charge in [-0.2, -0.15) is 0 Å². The predicted molar refractivity (Wildman–Crippen MR) is 109 cm³/mol. The number of amides is 2. The first-order valence-electron chi connectivity index (χ1n) is 8.76. The van der Waals surface area contributed by atoms with Crippen LogP contribution in [-0.2, 0) is 16.2 Å². The number of thioether (sulfide) groups is 1. The Morgan fingerprint density at radius 1 is 1.17 bits per heavy atom. The third kappa shape index (κ3) is 4.02. The van der Waals surface area contributed by atoms with Gasteiger partial charge >= 0.3 is 5.97 Å². The summed E-state index contributed by atoms with van der Waals surface area (Å²) in [6.45, 7) is -0.215. The first-order valence-corrected chi connectivity index (χ1v) is 9.58. The average molecular weight is 408 g/mol. The Balaban J connectivity index is 1.58. The van der Waals surface area contributed by atoms with E-state index in [9.17, 15) is 14.4 Å². The number of rotatable bonds is 6. The van der Waals surface area contributed by atoms with Crippen LogP contribution in [0.3, 0.4) is 0 Å². The summed E-state index contributed by atoms with van der Waals surface area (Å²) >= 11 is 0.732. The normalized spacial score (nSPS) is 15.4. The molecule has 2 aromatic carbocycles. The van der Waals surface area contributed by atoms with Crippen LogP contribution in [0.2, 0.25) is 0 Å². The van der Waals surface area contributed by atoms with Gasteiger partial charge in [0.2, 0.25) is 0 Å². The molecule has 0 bridgehead atoms. The fourth-order valence-corrected chi connectivity index (χ4v) is 3.81. The lowest BCUT2D eigenvalue weighted by molar-refractivity contribution is -0.140. The van der Waals surface area contributed by atoms with Gasteiger partial charge in [0, 0.05) is 22.7 Å². The first-order chi connectivity index (χ1) is 14.0. The van der Waals surface area contributed by atoms with Crippen molar-refractivity contribution in [1.82, 2.24) is 9.88 Å². The number of carboxylic acid groups (broad SMARTS) is 1. The number of carbonyl (C=O) groups is 3. The maximum absolute atomic E-state index is 12.4. The highest BCUT2D eigenvalue weighted by Crippen LogP contribution is 2.34. The molecule has 0 atom stereocenters. The molecule has 3 aromatic rings. The maximum atomic E-state index is 12.4. The third-order valence-electron chi connectivity index (χ3n) is 4.39. The lowest BCUT2D eigenvalue weighted by atomic mass is 10.1. The van der Waals surface area contributed by atoms with Crippen molar-refractivity contribution in [3.63, 3.8) is 0 Å². The lowest BCUT2D eigenvalue weighted by Gasteiger charge is -2.07. The molecule has 0 radical (unpaired) electrons. The number of carbonyl (C=O) groups excluding carboxylic acids is 2. The molecule has 2 heterocycles. The molecule has 1 saturated heterocycles. The van der Waals surface area contributed by atoms with Crippen molar-refractivity contribution in [3.8, 4) is 5.75 Å². The van der Waals surface area contributed by atoms with Gasteiger partial charge in [0.15, 0.2) is 0 Å². The standard InChI is InChI=1S/C21H16N2O5S/c24-19(25)11-23-20(26)18(29-21(23)27)8-14-10-22-17-7-6-15(9-16(14)17)28-12-13-4-2-1-3-5-13/h1-10,22H,11-12H2,(H,24,25)/b18-8+. The number of hydrogen-bond donors (Lipinski definition) is 2. The smallest absolute Gasteiger partial charge is 0.323 e. The molecule has 0 spiro atoms. The number of nitrogens with zero attached hydrogens (tertiary/aromatic N) is 1. The van der Waals surface area contributed by atoms with E-state index in [1.165, 1.54) is 0 Å². The average Bonchev–Trinajstić information content (AvgIpc) is 3.23. The van der Waals surface area contributed by atoms with Crippen LogP contribution in [0.4, 0.5) is 4.79 Å². The van der Waals surface area contributed by atoms with Gasteiger partial charge in [-0.15, -0.1) is 0 Å². The molecule has 2 amide bonds. The Kier molecular flexibility index (Phi) is 5.09. The topological polar surface area (TPSA) is 99.7 Å². The third-order valence-corrected chi connectivity index (χ3v) is 5.29. The number of imide groups is 1. The molecule has 8 heteroatoms. The summed E-state index contributed by atoms with van der Waals surface area (Å²) in [5.74, 6) is -1.16. The minimum atomic E-state index is -1.24. The number of fused-ring (bicyclic) bond motifs is 1. The van der Waals surface area contributed by atoms with Crippen molar-refractivity contribution in [1.29, 1.82) is 0 Å². The summed E-state index contributed by atoms with van der Waals surface area (Å²) in [5, 5.41) is 9.11. The number of H-pyrrole nitrogens is 1. The van der Waals surface area contributed by atoms with Crippen LogP contribution in [-0.4, -0.2) is 38.7 Å². The molecule has 0 aliphatic carbocycles. The Bertz CT molecular complexity index is 1140. The van der Waals surface area contributed by atoms with Gasteiger partial charge in [0.05, 0.1) is 4.91 Å². The Morgan fingerprint density at radius 2 is 1.97 bits per heavy atom. The van der Waals surface area contributed by atoms with Gasteiger partial charge in [-0.05, 0) is 41.6 Å². The molecule has 2 N–H and O–H groups in total. The van der Waals surface area contributed by atoms with Crippen molar-refractivity contribution < 1.29 is 24.2 Å². The summed E-state index contributed by atoms with van der Waals surface area (Å²) in [5.41, 5.74) is 2.62. The van der Waals surface area contributed by atoms with E-state index in [4.69, 9.17) is 9.84 Å². The van der Waals surface area contributed by atoms with Gasteiger partial charge in [0.25, 0.3) is 11.1 Å². The molecule has 4 rings (SSSR count). The summed E-state index contributed by atoms with van der Waals surface area (Å²) in [4.78, 5) is 39.2. The molecular formula is C21H16N2O5S. The second-order valence-corrected chi connectivity index (χ2v) is 7.38. The van der Waals surface area contributed by atoms with E-state index < -0.39 is 23.7 Å². The van der Waals surface area contributed by atoms with Crippen molar-refractivity contribution in [2.75, 3.05) is 6.54 Å². The van der Waals surface area contributed by atoms with Crippen LogP contribution >= 0.6 is 11.8 Å². The fraction of sp³-hybridized carbons (Fsp3) is 0.0952. The predicted octanol–water partition coefficient (Wildman–Crippen LogP) is 3.87. The minimum Gasteiger partial charge on any atom is -0.489 e. The second-order valence-electron chi connectivity index (χ2n) is 6.39. The molecule has 1 fully saturated rings. The first kappa shape index (κ1) is 18.8. The minimum absolute atomic E-state index is 0.188. The molecule has 0 unspecified atom stereocenters. The monoisotopic (exact) mass is 408 g/mol. The maximum Gasteiger partial charge on any atom is 0.323 e. The van der Waals surface area contributed by atoms with Gasteiger partial charge in [0.1, 0.15) is 18.9 Å². The van der Waals surface area contributed by atoms with Crippen molar-refractivity contribution in [2.24, 2.45) is 0 Å². The zero-order valence-corrected chi connectivity index (χ0v) is 15.9. The van der Waals surface area contributed by atoms with Gasteiger partial charge in [-0.25, -0.2) is 0 Å². The molecule has 1 aliphatic rings. The highest BCUT2D eigenvalue weighted by Gasteiger charge is 2.36. The molecule has 1 aliphatic heterocycles. The highest BCUT2D eigenvalue weighted by molar-refractivity contribution is 8.18. The Labute approximate surface area is 170 Å². The molecule has 7 nitrogen and oxygen atoms in total. The highest BCUT2D eigenvalue weighted by atomic mass is 32.2. The number of hydrogen-bond acceptors (Lipinski definition) is 5. The summed E-state index contributed by atoms with van der Waals surface area (Å²) in [7, 11) is 0. The number of benzene rings is 2. The van der Waals surface area contributed by atoms with E-state index in [0.717, 1.165) is 33.1 Å². The number of aromatic nitrogens is 1. The molecule has 29 heavy (non-hydrogen) atoms. The van der Waals surface area contributed by atoms with Crippen molar-refractivity contribution in [3.05, 3.63) is 70.8 Å². The van der Waals surface area contributed by atoms with E-state index >= 15 is 0 Å². The molecular weight excluding hydrogens is 392 g/mol. The summed E-state index contributed by atoms with van der Waals surface area (Å²) < 4.78 is 5.86. The number of aromatic amines is 1. The fourth-order valence-electron chi connectivity index (χ4n) is 2.98. The van der Waals surface area contributed by atoms with Crippen LogP contribution in [0, 0.1) is 0 Å². The van der Waals surface area contributed by atoms with Crippen molar-refractivity contribution in [2.45, 2.75) is 6.61 Å². The number of ether oxygens (including phenoxy) is 1. The Morgan fingerprint density at radius 3 is 2.72 bits per heavy atom. The lowest BCUT2D eigenvalue weighted by Crippen LogP contribution is -2.33. The molecule has 1 aromatic heterocycles. The Hall–Kier alpha value is -3.52. The zero-order valence-electron chi connectivity index (χ0n) is 15.1. The van der Waals surface area contributed by atoms with Crippen LogP contribution in [0.25, 0.3) is 17.0 Å². The van der Waals surface area contributed by atoms with E-state index in [1.54, 1.807) is 12.3 Å². The molecule has 146 valence electrons. The second kappa shape index (κ2) is 7.84. The number of aliphatic carboxylic acids is 1. The van der Waals surface area contributed by atoms with Crippen LogP contribution < -0.4 is 4.74 Å². The quantitative estimate of drug-likeness (QED) is 0.601. The van der Waals surface area contributed by atoms with E-state index in [0.29, 0.717) is 17.9 Å². The van der Waals surface area contributed by atoms with Gasteiger partial charge < -0.3 is 14.8 Å². The van der Waals surface area contributed by atoms with Crippen LogP contribution in [0.15, 0.2) is 59.6 Å². The van der Waals surface area contributed by atoms with Gasteiger partial charge in [-0.3, -0.25) is 19.3 Å². The summed E-state index contributed by atoms with van der Waals surface area (Å²) in [6.07, 6.45) is 3.32. The van der Waals surface area contributed by atoms with E-state index in [1.807, 2.05) is 48.5 Å². The van der Waals surface area contributed by atoms with E-state index in [2.05, 4.69) is 4.98 Å². The van der Waals surface area contributed by atoms with Crippen LogP contribution in [0.5, 0.6) is 5.75 Å². The van der Waals surface area contributed by atoms with Crippen molar-refractivity contribution >= 4 is 45.9 Å². The van der Waals surface area contributed by atoms with Crippen LogP contribution in [0.1, 0.15) is 11.1 Å². The van der Waals surface area contributed by atoms with E-state index in [-0.39, 0.29) is 4.91 Å². The zero-order chi connectivity index (χ0) is 20.4. The number of carboxylic acids is 1. The number of nitrogens with one attached hydrogen (secondary N) is 1. The van der Waals surface area contributed by atoms with Gasteiger partial charge in [-0.1, -0.05) is 30.3 Å². The molecule has 0 saturated carbocycles. The largest absolute Gasteiger partial charge is 0.489 e. The SMILES string of the molecule is O=C(O)CN1C(=O)S/C(=C/c2c[nH]c3ccc(OCc4ccccc4)cc23)C1=O.